The summed E-state index contributed by atoms with van der Waals surface area (Å²) in [7, 11) is 1.42. The summed E-state index contributed by atoms with van der Waals surface area (Å²) in [6, 6.07) is 10.4. The molecule has 3 unspecified atom stereocenters. The van der Waals surface area contributed by atoms with Gasteiger partial charge in [0.05, 0.1) is 36.3 Å². The third-order valence-electron chi connectivity index (χ3n) is 10.3. The van der Waals surface area contributed by atoms with E-state index in [0.29, 0.717) is 79.5 Å². The summed E-state index contributed by atoms with van der Waals surface area (Å²) in [5.41, 5.74) is 0.366. The molecular weight excluding hydrogens is 757 g/mol. The lowest BCUT2D eigenvalue weighted by atomic mass is 10.0. The zero-order chi connectivity index (χ0) is 41.1. The van der Waals surface area contributed by atoms with E-state index < -0.39 is 17.8 Å². The summed E-state index contributed by atoms with van der Waals surface area (Å²) in [6.45, 7) is 14.3. The van der Waals surface area contributed by atoms with Crippen LogP contribution in [0.25, 0.3) is 32.9 Å². The molecule has 11 nitrogen and oxygen atoms in total. The molecule has 2 aromatic carbocycles. The van der Waals surface area contributed by atoms with Gasteiger partial charge in [-0.1, -0.05) is 55.8 Å². The van der Waals surface area contributed by atoms with Crippen LogP contribution in [0.1, 0.15) is 47.0 Å². The largest absolute Gasteiger partial charge is 0.467 e. The molecule has 306 valence electrons. The normalized spacial score (nSPS) is 20.9. The number of nitriles is 1. The van der Waals surface area contributed by atoms with Crippen LogP contribution >= 0.6 is 11.6 Å². The number of halogens is 4. The van der Waals surface area contributed by atoms with E-state index in [9.17, 15) is 13.6 Å². The maximum absolute atomic E-state index is 16.2. The minimum absolute atomic E-state index is 0.000540. The molecule has 4 saturated heterocycles. The summed E-state index contributed by atoms with van der Waals surface area (Å²) in [6.07, 6.45) is 8.05. The summed E-state index contributed by atoms with van der Waals surface area (Å²) >= 11 is 6.31. The number of carbonyl (C=O) groups excluding carboxylic acids is 1. The van der Waals surface area contributed by atoms with Gasteiger partial charge in [0.25, 0.3) is 0 Å². The van der Waals surface area contributed by atoms with Gasteiger partial charge in [0, 0.05) is 88.5 Å². The van der Waals surface area contributed by atoms with Crippen LogP contribution in [0.2, 0.25) is 5.02 Å². The molecule has 57 heavy (non-hydrogen) atoms. The van der Waals surface area contributed by atoms with Crippen LogP contribution in [0.5, 0.6) is 6.01 Å². The summed E-state index contributed by atoms with van der Waals surface area (Å²) < 4.78 is 54.0. The zero-order valence-electron chi connectivity index (χ0n) is 33.4. The Morgan fingerprint density at radius 3 is 2.54 bits per heavy atom. The summed E-state index contributed by atoms with van der Waals surface area (Å²) in [5, 5.41) is 8.64. The number of amides is 1. The summed E-state index contributed by atoms with van der Waals surface area (Å²) in [4.78, 5) is 34.4. The number of fused-ring (bicyclic) bond motifs is 3. The Hall–Kier alpha value is -4.55. The van der Waals surface area contributed by atoms with Crippen LogP contribution in [0, 0.1) is 23.0 Å². The van der Waals surface area contributed by atoms with Gasteiger partial charge in [-0.05, 0) is 44.2 Å². The van der Waals surface area contributed by atoms with Gasteiger partial charge in [0.15, 0.2) is 5.82 Å². The lowest BCUT2D eigenvalue weighted by Crippen LogP contribution is -2.48. The first-order chi connectivity index (χ1) is 27.6. The van der Waals surface area contributed by atoms with Gasteiger partial charge in [0.1, 0.15) is 29.0 Å². The highest BCUT2D eigenvalue weighted by Gasteiger charge is 2.34. The standard InChI is InChI=1S/C31H31ClF2N6O3.C7H12FN.C2H3N.C2H6/c1-19-18-38(15-16-43-19)10-4-7-24(41)39-11-13-40(14-12-39)30-22-17-35-28(27(34)29(22)36-31(37-30)42-2)21-6-3-5-20-8-9-23(33)26(32)25(20)21;8-6-4-7-2-1-3-9(7)5-6;1-2-3;1-2/h3-9,17,19H,10-16,18H2,1-2H3;6-7H,1-5H2;1H3;1-2H3/b7-4+;;;. The van der Waals surface area contributed by atoms with Gasteiger partial charge >= 0.3 is 6.01 Å². The lowest BCUT2D eigenvalue weighted by molar-refractivity contribution is -0.126. The van der Waals surface area contributed by atoms with Crippen LogP contribution in [-0.2, 0) is 9.53 Å². The highest BCUT2D eigenvalue weighted by atomic mass is 35.5. The van der Waals surface area contributed by atoms with Crippen LogP contribution < -0.4 is 9.64 Å². The van der Waals surface area contributed by atoms with Crippen molar-refractivity contribution in [2.24, 2.45) is 0 Å². The van der Waals surface area contributed by atoms with Crippen molar-refractivity contribution in [1.82, 2.24) is 29.7 Å². The predicted octanol–water partition coefficient (Wildman–Crippen LogP) is 7.46. The second-order valence-corrected chi connectivity index (χ2v) is 14.4. The van der Waals surface area contributed by atoms with Crippen molar-refractivity contribution in [2.75, 3.05) is 77.5 Å². The number of pyridine rings is 1. The van der Waals surface area contributed by atoms with Crippen LogP contribution in [-0.4, -0.2) is 126 Å². The van der Waals surface area contributed by atoms with Gasteiger partial charge in [-0.2, -0.15) is 15.2 Å². The van der Waals surface area contributed by atoms with Gasteiger partial charge in [-0.15, -0.1) is 0 Å². The van der Waals surface area contributed by atoms with Crippen molar-refractivity contribution in [3.63, 3.8) is 0 Å². The number of benzene rings is 2. The van der Waals surface area contributed by atoms with Crippen molar-refractivity contribution < 1.29 is 27.4 Å². The molecule has 2 aromatic heterocycles. The molecular formula is C42H52ClF3N8O3. The molecule has 0 bridgehead atoms. The first-order valence-corrected chi connectivity index (χ1v) is 20.0. The topological polar surface area (TPSA) is 111 Å². The van der Waals surface area contributed by atoms with Crippen LogP contribution in [0.15, 0.2) is 48.7 Å². The highest BCUT2D eigenvalue weighted by Crippen LogP contribution is 2.38. The molecule has 4 aliphatic rings. The number of hydrogen-bond acceptors (Lipinski definition) is 10. The lowest BCUT2D eigenvalue weighted by Gasteiger charge is -2.35. The van der Waals surface area contributed by atoms with E-state index in [2.05, 4.69) is 24.8 Å². The molecule has 8 rings (SSSR count). The number of piperazine rings is 1. The molecule has 4 fully saturated rings. The molecule has 4 aromatic rings. The average Bonchev–Trinajstić information content (AvgIpc) is 3.81. The smallest absolute Gasteiger partial charge is 0.318 e. The second kappa shape index (κ2) is 20.7. The Kier molecular flexibility index (Phi) is 15.9. The molecule has 0 aliphatic carbocycles. The number of aromatic nitrogens is 3. The third kappa shape index (κ3) is 10.5. The maximum Gasteiger partial charge on any atom is 0.318 e. The molecule has 0 saturated carbocycles. The Morgan fingerprint density at radius 2 is 1.84 bits per heavy atom. The number of anilines is 1. The fourth-order valence-electron chi connectivity index (χ4n) is 7.68. The van der Waals surface area contributed by atoms with E-state index in [1.54, 1.807) is 41.3 Å². The Bertz CT molecular complexity index is 2050. The third-order valence-corrected chi connectivity index (χ3v) is 10.7. The van der Waals surface area contributed by atoms with Gasteiger partial charge in [-0.3, -0.25) is 19.6 Å². The van der Waals surface area contributed by atoms with Gasteiger partial charge < -0.3 is 19.3 Å². The minimum Gasteiger partial charge on any atom is -0.467 e. The minimum atomic E-state index is -0.694. The fraction of sp³-hybridized carbons (Fsp3) is 0.500. The van der Waals surface area contributed by atoms with Crippen molar-refractivity contribution in [3.8, 4) is 23.3 Å². The highest BCUT2D eigenvalue weighted by molar-refractivity contribution is 6.36. The molecule has 0 spiro atoms. The van der Waals surface area contributed by atoms with E-state index in [1.165, 1.54) is 39.1 Å². The second-order valence-electron chi connectivity index (χ2n) is 14.0. The molecule has 0 radical (unpaired) electrons. The molecule has 15 heteroatoms. The number of ether oxygens (including phenoxy) is 2. The molecule has 3 atom stereocenters. The monoisotopic (exact) mass is 808 g/mol. The van der Waals surface area contributed by atoms with Crippen molar-refractivity contribution >= 4 is 45.0 Å². The van der Waals surface area contributed by atoms with Crippen molar-refractivity contribution in [3.05, 3.63) is 65.3 Å². The quantitative estimate of drug-likeness (QED) is 0.182. The fourth-order valence-corrected chi connectivity index (χ4v) is 7.95. The van der Waals surface area contributed by atoms with E-state index >= 15 is 4.39 Å². The first-order valence-electron chi connectivity index (χ1n) is 19.6. The van der Waals surface area contributed by atoms with E-state index in [1.807, 2.05) is 31.7 Å². The predicted molar refractivity (Wildman–Crippen MR) is 218 cm³/mol. The number of nitrogens with zero attached hydrogens (tertiary/aromatic N) is 8. The number of hydrogen-bond donors (Lipinski definition) is 0. The number of carbonyl (C=O) groups is 1. The zero-order valence-corrected chi connectivity index (χ0v) is 34.1. The van der Waals surface area contributed by atoms with Gasteiger partial charge in [-0.25, -0.2) is 13.2 Å². The number of morpholine rings is 1. The first kappa shape index (κ1) is 43.6. The molecule has 4 aliphatic heterocycles. The Labute approximate surface area is 338 Å². The Balaban J connectivity index is 0.000000375. The van der Waals surface area contributed by atoms with Crippen molar-refractivity contribution in [1.29, 1.82) is 5.26 Å². The Morgan fingerprint density at radius 1 is 1.09 bits per heavy atom. The SMILES string of the molecule is CC.CC#N.COc1nc(N2CCN(C(=O)/C=C/CN3CCOC(C)C3)CC2)c2cnc(-c3cccc4ccc(F)c(Cl)c34)c(F)c2n1.FC1CC2CCCN2C1. The average molecular weight is 809 g/mol. The number of methoxy groups -OCH3 is 1. The number of alkyl halides is 1. The van der Waals surface area contributed by atoms with Gasteiger partial charge in [0.2, 0.25) is 5.91 Å². The molecule has 0 N–H and O–H groups in total. The van der Waals surface area contributed by atoms with Crippen molar-refractivity contribution in [2.45, 2.75) is 65.3 Å². The van der Waals surface area contributed by atoms with E-state index in [-0.39, 0.29) is 34.3 Å². The van der Waals surface area contributed by atoms with Crippen LogP contribution in [0.4, 0.5) is 19.0 Å². The summed E-state index contributed by atoms with van der Waals surface area (Å²) in [5.74, 6) is -0.880. The molecule has 1 amide bonds. The number of rotatable bonds is 6. The van der Waals surface area contributed by atoms with E-state index in [0.717, 1.165) is 26.1 Å². The maximum atomic E-state index is 16.2. The molecule has 6 heterocycles. The van der Waals surface area contributed by atoms with E-state index in [4.69, 9.17) is 26.3 Å². The van der Waals surface area contributed by atoms with Crippen LogP contribution in [0.3, 0.4) is 0 Å².